The third kappa shape index (κ3) is 3.24. The topological polar surface area (TPSA) is 41.5 Å². The first-order chi connectivity index (χ1) is 10.2. The standard InChI is InChI=1S/C18H27NO2/c1-14(7-6-12-20)19-16-13-18(10-4-5-11-18)21-17-9-3-2-8-15(16)17/h2-3,8-9,14,16,19-20H,4-7,10-13H2,1H3. The number of hydrogen-bond donors (Lipinski definition) is 2. The summed E-state index contributed by atoms with van der Waals surface area (Å²) in [6.07, 6.45) is 7.90. The molecule has 1 heterocycles. The van der Waals surface area contributed by atoms with E-state index in [-0.39, 0.29) is 12.2 Å². The quantitative estimate of drug-likeness (QED) is 0.870. The third-order valence-electron chi connectivity index (χ3n) is 4.99. The minimum atomic E-state index is 0.0583. The number of benzene rings is 1. The lowest BCUT2D eigenvalue weighted by Gasteiger charge is -2.41. The van der Waals surface area contributed by atoms with Crippen molar-refractivity contribution in [3.05, 3.63) is 29.8 Å². The van der Waals surface area contributed by atoms with Gasteiger partial charge in [0.1, 0.15) is 11.4 Å². The average molecular weight is 289 g/mol. The molecule has 0 radical (unpaired) electrons. The van der Waals surface area contributed by atoms with Gasteiger partial charge in [0.2, 0.25) is 0 Å². The summed E-state index contributed by atoms with van der Waals surface area (Å²) in [6.45, 7) is 2.50. The zero-order chi connectivity index (χ0) is 14.7. The van der Waals surface area contributed by atoms with E-state index in [2.05, 4.69) is 36.5 Å². The Morgan fingerprint density at radius 1 is 1.33 bits per heavy atom. The Bertz CT molecular complexity index is 468. The van der Waals surface area contributed by atoms with Crippen LogP contribution in [0.25, 0.3) is 0 Å². The van der Waals surface area contributed by atoms with E-state index in [4.69, 9.17) is 9.84 Å². The molecule has 1 aliphatic carbocycles. The molecule has 0 amide bonds. The molecule has 1 aliphatic heterocycles. The molecule has 2 unspecified atom stereocenters. The van der Waals surface area contributed by atoms with Crippen LogP contribution in [-0.2, 0) is 0 Å². The van der Waals surface area contributed by atoms with E-state index in [1.807, 2.05) is 0 Å². The van der Waals surface area contributed by atoms with Crippen molar-refractivity contribution in [2.75, 3.05) is 6.61 Å². The maximum absolute atomic E-state index is 9.00. The van der Waals surface area contributed by atoms with E-state index >= 15 is 0 Å². The Morgan fingerprint density at radius 3 is 2.86 bits per heavy atom. The van der Waals surface area contributed by atoms with Crippen LogP contribution in [0.1, 0.15) is 63.5 Å². The number of ether oxygens (including phenoxy) is 1. The molecule has 2 atom stereocenters. The van der Waals surface area contributed by atoms with Gasteiger partial charge in [-0.25, -0.2) is 0 Å². The number of fused-ring (bicyclic) bond motifs is 1. The molecular weight excluding hydrogens is 262 g/mol. The largest absolute Gasteiger partial charge is 0.487 e. The third-order valence-corrected chi connectivity index (χ3v) is 4.99. The molecule has 21 heavy (non-hydrogen) atoms. The van der Waals surface area contributed by atoms with Crippen LogP contribution in [0.3, 0.4) is 0 Å². The van der Waals surface area contributed by atoms with Crippen molar-refractivity contribution in [3.8, 4) is 5.75 Å². The minimum Gasteiger partial charge on any atom is -0.487 e. The molecule has 3 heteroatoms. The molecule has 1 saturated carbocycles. The Labute approximate surface area is 127 Å². The SMILES string of the molecule is CC(CCCO)NC1CC2(CCCC2)Oc2ccccc21. The highest BCUT2D eigenvalue weighted by Gasteiger charge is 2.43. The van der Waals surface area contributed by atoms with Gasteiger partial charge >= 0.3 is 0 Å². The van der Waals surface area contributed by atoms with E-state index in [1.165, 1.54) is 31.2 Å². The summed E-state index contributed by atoms with van der Waals surface area (Å²) in [6, 6.07) is 9.27. The van der Waals surface area contributed by atoms with Crippen molar-refractivity contribution in [1.29, 1.82) is 0 Å². The fraction of sp³-hybridized carbons (Fsp3) is 0.667. The van der Waals surface area contributed by atoms with Crippen LogP contribution in [0.5, 0.6) is 5.75 Å². The van der Waals surface area contributed by atoms with E-state index in [1.54, 1.807) is 0 Å². The Balaban J connectivity index is 1.77. The summed E-state index contributed by atoms with van der Waals surface area (Å²) in [5.74, 6) is 1.07. The highest BCUT2D eigenvalue weighted by Crippen LogP contribution is 2.47. The maximum atomic E-state index is 9.00. The minimum absolute atomic E-state index is 0.0583. The lowest BCUT2D eigenvalue weighted by atomic mass is 9.85. The smallest absolute Gasteiger partial charge is 0.124 e. The van der Waals surface area contributed by atoms with Crippen LogP contribution in [-0.4, -0.2) is 23.4 Å². The summed E-state index contributed by atoms with van der Waals surface area (Å²) >= 11 is 0. The monoisotopic (exact) mass is 289 g/mol. The van der Waals surface area contributed by atoms with Gasteiger partial charge in [-0.1, -0.05) is 18.2 Å². The molecule has 0 bridgehead atoms. The predicted molar refractivity (Wildman–Crippen MR) is 84.5 cm³/mol. The molecule has 2 N–H and O–H groups in total. The van der Waals surface area contributed by atoms with Crippen molar-refractivity contribution < 1.29 is 9.84 Å². The van der Waals surface area contributed by atoms with Gasteiger partial charge < -0.3 is 15.2 Å². The number of para-hydroxylation sites is 1. The first-order valence-electron chi connectivity index (χ1n) is 8.37. The second-order valence-corrected chi connectivity index (χ2v) is 6.72. The average Bonchev–Trinajstić information content (AvgIpc) is 2.92. The molecule has 1 aromatic rings. The zero-order valence-corrected chi connectivity index (χ0v) is 13.0. The van der Waals surface area contributed by atoms with Gasteiger partial charge in [0.25, 0.3) is 0 Å². The van der Waals surface area contributed by atoms with Crippen molar-refractivity contribution >= 4 is 0 Å². The van der Waals surface area contributed by atoms with Crippen molar-refractivity contribution in [2.45, 2.75) is 69.6 Å². The van der Waals surface area contributed by atoms with Crippen molar-refractivity contribution in [1.82, 2.24) is 5.32 Å². The van der Waals surface area contributed by atoms with Crippen molar-refractivity contribution in [2.24, 2.45) is 0 Å². The summed E-state index contributed by atoms with van der Waals surface area (Å²) in [5.41, 5.74) is 1.36. The van der Waals surface area contributed by atoms with Gasteiger partial charge in [-0.3, -0.25) is 0 Å². The maximum Gasteiger partial charge on any atom is 0.124 e. The molecule has 2 aliphatic rings. The van der Waals surface area contributed by atoms with Crippen LogP contribution in [0.2, 0.25) is 0 Å². The molecule has 3 nitrogen and oxygen atoms in total. The van der Waals surface area contributed by atoms with Crippen LogP contribution in [0.4, 0.5) is 0 Å². The normalized spacial score (nSPS) is 24.6. The summed E-state index contributed by atoms with van der Waals surface area (Å²) in [4.78, 5) is 0. The molecular formula is C18H27NO2. The Morgan fingerprint density at radius 2 is 2.10 bits per heavy atom. The van der Waals surface area contributed by atoms with E-state index < -0.39 is 0 Å². The highest BCUT2D eigenvalue weighted by atomic mass is 16.5. The van der Waals surface area contributed by atoms with Gasteiger partial charge in [0, 0.05) is 30.7 Å². The van der Waals surface area contributed by atoms with Crippen molar-refractivity contribution in [3.63, 3.8) is 0 Å². The van der Waals surface area contributed by atoms with Gasteiger partial charge in [0.05, 0.1) is 0 Å². The molecule has 1 spiro atoms. The number of aliphatic hydroxyl groups is 1. The molecule has 0 saturated heterocycles. The Hall–Kier alpha value is -1.06. The fourth-order valence-corrected chi connectivity index (χ4v) is 3.92. The molecule has 116 valence electrons. The van der Waals surface area contributed by atoms with Gasteiger partial charge in [-0.05, 0) is 51.5 Å². The first kappa shape index (κ1) is 14.9. The van der Waals surface area contributed by atoms with Gasteiger partial charge in [-0.15, -0.1) is 0 Å². The molecule has 3 rings (SSSR count). The zero-order valence-electron chi connectivity index (χ0n) is 13.0. The van der Waals surface area contributed by atoms with Crippen LogP contribution in [0.15, 0.2) is 24.3 Å². The second-order valence-electron chi connectivity index (χ2n) is 6.72. The fourth-order valence-electron chi connectivity index (χ4n) is 3.92. The van der Waals surface area contributed by atoms with Crippen LogP contribution in [0, 0.1) is 0 Å². The highest BCUT2D eigenvalue weighted by molar-refractivity contribution is 5.39. The second kappa shape index (κ2) is 6.37. The van der Waals surface area contributed by atoms with Gasteiger partial charge in [0.15, 0.2) is 0 Å². The number of nitrogens with one attached hydrogen (secondary N) is 1. The number of rotatable bonds is 5. The van der Waals surface area contributed by atoms with Gasteiger partial charge in [-0.2, -0.15) is 0 Å². The predicted octanol–water partition coefficient (Wildman–Crippen LogP) is 3.57. The molecule has 1 fully saturated rings. The Kier molecular flexibility index (Phi) is 4.51. The lowest BCUT2D eigenvalue weighted by Crippen LogP contribution is -2.44. The lowest BCUT2D eigenvalue weighted by molar-refractivity contribution is 0.0348. The number of aliphatic hydroxyl groups excluding tert-OH is 1. The number of hydrogen-bond acceptors (Lipinski definition) is 3. The van der Waals surface area contributed by atoms with E-state index in [0.29, 0.717) is 12.1 Å². The van der Waals surface area contributed by atoms with Crippen LogP contribution < -0.4 is 10.1 Å². The van der Waals surface area contributed by atoms with Crippen LogP contribution >= 0.6 is 0 Å². The first-order valence-corrected chi connectivity index (χ1v) is 8.37. The molecule has 1 aromatic carbocycles. The van der Waals surface area contributed by atoms with E-state index in [9.17, 15) is 0 Å². The molecule has 0 aromatic heterocycles. The summed E-state index contributed by atoms with van der Waals surface area (Å²) in [7, 11) is 0. The van der Waals surface area contributed by atoms with E-state index in [0.717, 1.165) is 25.0 Å². The summed E-state index contributed by atoms with van der Waals surface area (Å²) < 4.78 is 6.39. The summed E-state index contributed by atoms with van der Waals surface area (Å²) in [5, 5.41) is 12.8.